The van der Waals surface area contributed by atoms with Crippen LogP contribution in [0.25, 0.3) is 10.2 Å². The number of thiazole rings is 1. The number of benzene rings is 2. The first-order valence-corrected chi connectivity index (χ1v) is 10.8. The SMILES string of the molecule is CCN(CC)CCN(C(=O)c1ccc(Cl)cc1)c1nc2c(C)c(C)ccc2s1. The van der Waals surface area contributed by atoms with E-state index in [4.69, 9.17) is 16.6 Å². The van der Waals surface area contributed by atoms with Gasteiger partial charge in [0.25, 0.3) is 5.91 Å². The molecular formula is C22H26ClN3OS. The van der Waals surface area contributed by atoms with Gasteiger partial charge in [0.15, 0.2) is 5.13 Å². The molecule has 0 radical (unpaired) electrons. The Bertz CT molecular complexity index is 964. The maximum atomic E-state index is 13.3. The van der Waals surface area contributed by atoms with E-state index in [-0.39, 0.29) is 5.91 Å². The van der Waals surface area contributed by atoms with E-state index in [1.54, 1.807) is 40.5 Å². The van der Waals surface area contributed by atoms with Crippen molar-refractivity contribution in [2.24, 2.45) is 0 Å². The third-order valence-corrected chi connectivity index (χ3v) is 6.47. The lowest BCUT2D eigenvalue weighted by Crippen LogP contribution is -2.38. The van der Waals surface area contributed by atoms with Crippen molar-refractivity contribution < 1.29 is 4.79 Å². The number of amides is 1. The van der Waals surface area contributed by atoms with Gasteiger partial charge in [-0.2, -0.15) is 0 Å². The molecule has 4 nitrogen and oxygen atoms in total. The van der Waals surface area contributed by atoms with Crippen molar-refractivity contribution >= 4 is 44.2 Å². The second-order valence-corrected chi connectivity index (χ2v) is 8.29. The van der Waals surface area contributed by atoms with Crippen LogP contribution in [-0.2, 0) is 0 Å². The Hall–Kier alpha value is -1.95. The van der Waals surface area contributed by atoms with Crippen molar-refractivity contribution in [3.8, 4) is 0 Å². The zero-order valence-corrected chi connectivity index (χ0v) is 18.4. The molecule has 3 rings (SSSR count). The number of rotatable bonds is 7. The molecule has 3 aromatic rings. The molecule has 0 spiro atoms. The molecule has 28 heavy (non-hydrogen) atoms. The van der Waals surface area contributed by atoms with Crippen LogP contribution in [0.3, 0.4) is 0 Å². The van der Waals surface area contributed by atoms with Gasteiger partial charge in [-0.25, -0.2) is 4.98 Å². The Kier molecular flexibility index (Phi) is 6.70. The number of carbonyl (C=O) groups excluding carboxylic acids is 1. The van der Waals surface area contributed by atoms with Crippen molar-refractivity contribution in [3.05, 3.63) is 58.1 Å². The number of nitrogens with zero attached hydrogens (tertiary/aromatic N) is 3. The number of hydrogen-bond acceptors (Lipinski definition) is 4. The number of fused-ring (bicyclic) bond motifs is 1. The van der Waals surface area contributed by atoms with Crippen LogP contribution in [-0.4, -0.2) is 42.0 Å². The monoisotopic (exact) mass is 415 g/mol. The molecule has 6 heteroatoms. The standard InChI is InChI=1S/C22H26ClN3OS/c1-5-25(6-2)13-14-26(21(27)17-8-10-18(23)11-9-17)22-24-20-16(4)15(3)7-12-19(20)28-22/h7-12H,5-6,13-14H2,1-4H3. The van der Waals surface area contributed by atoms with Crippen LogP contribution >= 0.6 is 22.9 Å². The van der Waals surface area contributed by atoms with Gasteiger partial charge >= 0.3 is 0 Å². The third-order valence-electron chi connectivity index (χ3n) is 5.17. The molecule has 0 fully saturated rings. The van der Waals surface area contributed by atoms with Crippen molar-refractivity contribution in [1.29, 1.82) is 0 Å². The zero-order chi connectivity index (χ0) is 20.3. The molecule has 0 aliphatic carbocycles. The van der Waals surface area contributed by atoms with Crippen LogP contribution in [0.2, 0.25) is 5.02 Å². The summed E-state index contributed by atoms with van der Waals surface area (Å²) in [7, 11) is 0. The summed E-state index contributed by atoms with van der Waals surface area (Å²) in [4.78, 5) is 22.3. The van der Waals surface area contributed by atoms with Gasteiger partial charge in [0.2, 0.25) is 0 Å². The number of halogens is 1. The molecule has 1 amide bonds. The summed E-state index contributed by atoms with van der Waals surface area (Å²) in [5.41, 5.74) is 3.98. The van der Waals surface area contributed by atoms with Gasteiger partial charge in [0, 0.05) is 23.7 Å². The van der Waals surface area contributed by atoms with E-state index in [1.165, 1.54) is 11.1 Å². The predicted octanol–water partition coefficient (Wildman–Crippen LogP) is 5.56. The van der Waals surface area contributed by atoms with Gasteiger partial charge < -0.3 is 4.90 Å². The number of carbonyl (C=O) groups is 1. The van der Waals surface area contributed by atoms with E-state index in [9.17, 15) is 4.79 Å². The largest absolute Gasteiger partial charge is 0.302 e. The average molecular weight is 416 g/mol. The highest BCUT2D eigenvalue weighted by molar-refractivity contribution is 7.22. The minimum absolute atomic E-state index is 0.0442. The highest BCUT2D eigenvalue weighted by atomic mass is 35.5. The normalized spacial score (nSPS) is 11.4. The number of hydrogen-bond donors (Lipinski definition) is 0. The van der Waals surface area contributed by atoms with E-state index >= 15 is 0 Å². The molecule has 0 bridgehead atoms. The highest BCUT2D eigenvalue weighted by Gasteiger charge is 2.22. The molecule has 1 aromatic heterocycles. The summed E-state index contributed by atoms with van der Waals surface area (Å²) < 4.78 is 1.11. The summed E-state index contributed by atoms with van der Waals surface area (Å²) in [6.45, 7) is 11.8. The third kappa shape index (κ3) is 4.37. The number of anilines is 1. The maximum Gasteiger partial charge on any atom is 0.260 e. The van der Waals surface area contributed by atoms with Crippen molar-refractivity contribution in [2.75, 3.05) is 31.1 Å². The first-order valence-electron chi connectivity index (χ1n) is 9.61. The molecule has 0 N–H and O–H groups in total. The lowest BCUT2D eigenvalue weighted by Gasteiger charge is -2.24. The van der Waals surface area contributed by atoms with Crippen molar-refractivity contribution in [2.45, 2.75) is 27.7 Å². The summed E-state index contributed by atoms with van der Waals surface area (Å²) in [6.07, 6.45) is 0. The van der Waals surface area contributed by atoms with E-state index in [0.29, 0.717) is 17.1 Å². The van der Waals surface area contributed by atoms with E-state index in [1.807, 2.05) is 0 Å². The topological polar surface area (TPSA) is 36.4 Å². The lowest BCUT2D eigenvalue weighted by molar-refractivity contribution is 0.0984. The maximum absolute atomic E-state index is 13.3. The van der Waals surface area contributed by atoms with Gasteiger partial charge in [0.05, 0.1) is 10.2 Å². The van der Waals surface area contributed by atoms with Crippen molar-refractivity contribution in [3.63, 3.8) is 0 Å². The van der Waals surface area contributed by atoms with E-state index in [0.717, 1.165) is 35.0 Å². The molecule has 0 aliphatic rings. The van der Waals surface area contributed by atoms with Gasteiger partial charge in [-0.05, 0) is 68.4 Å². The Labute approximate surface area is 175 Å². The van der Waals surface area contributed by atoms with Crippen LogP contribution in [0.5, 0.6) is 0 Å². The molecule has 0 unspecified atom stereocenters. The van der Waals surface area contributed by atoms with Crippen LogP contribution in [0.4, 0.5) is 5.13 Å². The summed E-state index contributed by atoms with van der Waals surface area (Å²) in [6, 6.07) is 11.3. The fourth-order valence-electron chi connectivity index (χ4n) is 3.14. The van der Waals surface area contributed by atoms with Gasteiger partial charge in [-0.3, -0.25) is 9.69 Å². The zero-order valence-electron chi connectivity index (χ0n) is 16.8. The molecule has 0 aliphatic heterocycles. The highest BCUT2D eigenvalue weighted by Crippen LogP contribution is 2.32. The summed E-state index contributed by atoms with van der Waals surface area (Å²) >= 11 is 7.57. The Morgan fingerprint density at radius 1 is 1.04 bits per heavy atom. The van der Waals surface area contributed by atoms with Crippen LogP contribution in [0, 0.1) is 13.8 Å². The number of likely N-dealkylation sites (N-methyl/N-ethyl adjacent to an activating group) is 1. The molecule has 148 valence electrons. The van der Waals surface area contributed by atoms with E-state index in [2.05, 4.69) is 44.7 Å². The Morgan fingerprint density at radius 2 is 1.71 bits per heavy atom. The quantitative estimate of drug-likeness (QED) is 0.507. The number of aryl methyl sites for hydroxylation is 2. The first-order chi connectivity index (χ1) is 13.4. The molecule has 0 atom stereocenters. The average Bonchev–Trinajstić information content (AvgIpc) is 3.13. The summed E-state index contributed by atoms with van der Waals surface area (Å²) in [5.74, 6) is -0.0442. The van der Waals surface area contributed by atoms with Crippen LogP contribution in [0.1, 0.15) is 35.3 Å². The number of aromatic nitrogens is 1. The van der Waals surface area contributed by atoms with Gasteiger partial charge in [0.1, 0.15) is 0 Å². The van der Waals surface area contributed by atoms with E-state index < -0.39 is 0 Å². The fourth-order valence-corrected chi connectivity index (χ4v) is 4.32. The Morgan fingerprint density at radius 3 is 2.36 bits per heavy atom. The smallest absolute Gasteiger partial charge is 0.260 e. The second-order valence-electron chi connectivity index (χ2n) is 6.84. The molecule has 0 saturated carbocycles. The van der Waals surface area contributed by atoms with Crippen LogP contribution in [0.15, 0.2) is 36.4 Å². The van der Waals surface area contributed by atoms with Gasteiger partial charge in [-0.15, -0.1) is 0 Å². The molecule has 0 saturated heterocycles. The summed E-state index contributed by atoms with van der Waals surface area (Å²) in [5, 5.41) is 1.37. The minimum atomic E-state index is -0.0442. The Balaban J connectivity index is 1.98. The van der Waals surface area contributed by atoms with Crippen molar-refractivity contribution in [1.82, 2.24) is 9.88 Å². The fraction of sp³-hybridized carbons (Fsp3) is 0.364. The predicted molar refractivity (Wildman–Crippen MR) is 120 cm³/mol. The molecule has 1 heterocycles. The second kappa shape index (κ2) is 9.03. The first kappa shape index (κ1) is 20.8. The molecule has 2 aromatic carbocycles. The van der Waals surface area contributed by atoms with Gasteiger partial charge in [-0.1, -0.05) is 42.9 Å². The molecular weight excluding hydrogens is 390 g/mol. The van der Waals surface area contributed by atoms with Crippen LogP contribution < -0.4 is 4.90 Å². The lowest BCUT2D eigenvalue weighted by atomic mass is 10.1. The minimum Gasteiger partial charge on any atom is -0.302 e.